The summed E-state index contributed by atoms with van der Waals surface area (Å²) in [6.07, 6.45) is -6.38. The number of nitrogens with zero attached hydrogens (tertiary/aromatic N) is 2. The van der Waals surface area contributed by atoms with E-state index in [1.165, 1.54) is 34.9 Å². The van der Waals surface area contributed by atoms with Gasteiger partial charge in [-0.1, -0.05) is 20.8 Å². The maximum absolute atomic E-state index is 15.5. The van der Waals surface area contributed by atoms with Gasteiger partial charge in [0.1, 0.15) is 18.3 Å². The summed E-state index contributed by atoms with van der Waals surface area (Å²) < 4.78 is 40.5. The van der Waals surface area contributed by atoms with Crippen LogP contribution in [0.15, 0.2) is 15.8 Å². The Morgan fingerprint density at radius 2 is 1.72 bits per heavy atom. The Hall–Kier alpha value is -1.40. The van der Waals surface area contributed by atoms with Crippen molar-refractivity contribution in [2.45, 2.75) is 82.1 Å². The van der Waals surface area contributed by atoms with Crippen LogP contribution in [0.2, 0.25) is 0 Å². The first-order valence-electron chi connectivity index (χ1n) is 10.4. The molecule has 0 radical (unpaired) electrons. The average Bonchev–Trinajstić information content (AvgIpc) is 3.01. The van der Waals surface area contributed by atoms with Gasteiger partial charge in [-0.15, -0.1) is 0 Å². The van der Waals surface area contributed by atoms with E-state index in [2.05, 4.69) is 0 Å². The summed E-state index contributed by atoms with van der Waals surface area (Å²) in [5.41, 5.74) is -1.48. The third-order valence-electron chi connectivity index (χ3n) is 6.12. The summed E-state index contributed by atoms with van der Waals surface area (Å²) in [5.74, 6) is -2.78. The molecule has 0 saturated carbocycles. The van der Waals surface area contributed by atoms with Crippen molar-refractivity contribution in [3.8, 4) is 0 Å². The standard InChI is InChI=1S/C19H32FN2O9P/c1-6-18(20,31-32(28,29)19(27,7-2)8-3)9-12-13(23)14(24)15(30-12)11-10-21(4)17(26)22(5)16(11)25/h10,12-15,23-24,27H,6-9H2,1-5H3,(H,28,29)/t12-,13-,14-,15+,18?/m1/s1. The Labute approximate surface area is 184 Å². The second-order valence-corrected chi connectivity index (χ2v) is 10.2. The topological polar surface area (TPSA) is 160 Å². The van der Waals surface area contributed by atoms with Crippen LogP contribution >= 0.6 is 7.60 Å². The highest BCUT2D eigenvalue weighted by molar-refractivity contribution is 7.54. The summed E-state index contributed by atoms with van der Waals surface area (Å²) in [6.45, 7) is 4.26. The minimum Gasteiger partial charge on any atom is -0.388 e. The highest BCUT2D eigenvalue weighted by Gasteiger charge is 2.53. The first-order chi connectivity index (χ1) is 14.7. The van der Waals surface area contributed by atoms with Crippen LogP contribution in [-0.4, -0.2) is 58.9 Å². The van der Waals surface area contributed by atoms with Gasteiger partial charge in [-0.05, 0) is 12.8 Å². The van der Waals surface area contributed by atoms with E-state index in [1.54, 1.807) is 0 Å². The molecule has 0 bridgehead atoms. The second kappa shape index (κ2) is 9.46. The molecular formula is C19H32FN2O9P. The molecule has 2 rings (SSSR count). The SMILES string of the molecule is CCC(F)(C[C@H]1O[C@@H](c2cn(C)c(=O)n(C)c2=O)[C@H](O)[C@@H]1O)OP(=O)(O)C(O)(CC)CC. The lowest BCUT2D eigenvalue weighted by Gasteiger charge is -2.36. The van der Waals surface area contributed by atoms with Crippen molar-refractivity contribution in [1.82, 2.24) is 9.13 Å². The summed E-state index contributed by atoms with van der Waals surface area (Å²) >= 11 is 0. The van der Waals surface area contributed by atoms with Crippen molar-refractivity contribution < 1.29 is 38.4 Å². The van der Waals surface area contributed by atoms with Crippen LogP contribution in [0.1, 0.15) is 58.1 Å². The van der Waals surface area contributed by atoms with E-state index < -0.39 is 67.3 Å². The lowest BCUT2D eigenvalue weighted by atomic mass is 9.99. The molecule has 0 aromatic carbocycles. The number of aliphatic hydroxyl groups is 3. The number of aromatic nitrogens is 2. The average molecular weight is 482 g/mol. The predicted octanol–water partition coefficient (Wildman–Crippen LogP) is 0.422. The third kappa shape index (κ3) is 4.77. The molecule has 0 aliphatic carbocycles. The molecule has 1 aliphatic heterocycles. The number of hydrogen-bond donors (Lipinski definition) is 4. The van der Waals surface area contributed by atoms with E-state index in [0.29, 0.717) is 0 Å². The molecule has 6 atom stereocenters. The number of alkyl halides is 1. The molecule has 1 aliphatic rings. The smallest absolute Gasteiger partial charge is 0.362 e. The van der Waals surface area contributed by atoms with E-state index in [1.807, 2.05) is 0 Å². The molecule has 1 saturated heterocycles. The number of aliphatic hydroxyl groups excluding tert-OH is 2. The van der Waals surface area contributed by atoms with Gasteiger partial charge >= 0.3 is 13.3 Å². The Kier molecular flexibility index (Phi) is 7.93. The van der Waals surface area contributed by atoms with Gasteiger partial charge in [-0.2, -0.15) is 0 Å². The largest absolute Gasteiger partial charge is 0.388 e. The van der Waals surface area contributed by atoms with Crippen LogP contribution < -0.4 is 11.2 Å². The van der Waals surface area contributed by atoms with E-state index in [-0.39, 0.29) is 18.4 Å². The lowest BCUT2D eigenvalue weighted by Crippen LogP contribution is -2.41. The molecule has 0 spiro atoms. The van der Waals surface area contributed by atoms with E-state index in [4.69, 9.17) is 9.26 Å². The second-order valence-electron chi connectivity index (χ2n) is 8.16. The highest BCUT2D eigenvalue weighted by Crippen LogP contribution is 2.61. The Morgan fingerprint density at radius 1 is 1.16 bits per heavy atom. The van der Waals surface area contributed by atoms with Crippen molar-refractivity contribution in [1.29, 1.82) is 0 Å². The molecule has 32 heavy (non-hydrogen) atoms. The Balaban J connectivity index is 2.32. The van der Waals surface area contributed by atoms with Gasteiger partial charge in [0.05, 0.1) is 11.7 Å². The summed E-state index contributed by atoms with van der Waals surface area (Å²) in [5, 5.41) is 29.1. The lowest BCUT2D eigenvalue weighted by molar-refractivity contribution is -0.129. The molecule has 1 fully saturated rings. The van der Waals surface area contributed by atoms with E-state index in [0.717, 1.165) is 15.3 Å². The number of ether oxygens (including phenoxy) is 1. The van der Waals surface area contributed by atoms with Gasteiger partial charge in [-0.3, -0.25) is 18.5 Å². The normalized spacial score (nSPS) is 27.8. The predicted molar refractivity (Wildman–Crippen MR) is 112 cm³/mol. The van der Waals surface area contributed by atoms with Crippen LogP contribution in [0.3, 0.4) is 0 Å². The van der Waals surface area contributed by atoms with Crippen LogP contribution in [0, 0.1) is 0 Å². The maximum atomic E-state index is 15.5. The Bertz CT molecular complexity index is 992. The van der Waals surface area contributed by atoms with Crippen LogP contribution in [-0.2, 0) is 27.9 Å². The first-order valence-corrected chi connectivity index (χ1v) is 12.0. The fourth-order valence-corrected chi connectivity index (χ4v) is 5.33. The minimum atomic E-state index is -4.85. The molecule has 2 heterocycles. The fraction of sp³-hybridized carbons (Fsp3) is 0.789. The van der Waals surface area contributed by atoms with E-state index in [9.17, 15) is 34.4 Å². The van der Waals surface area contributed by atoms with Crippen molar-refractivity contribution in [3.05, 3.63) is 32.6 Å². The zero-order valence-corrected chi connectivity index (χ0v) is 19.7. The van der Waals surface area contributed by atoms with Gasteiger partial charge in [-0.25, -0.2) is 9.18 Å². The monoisotopic (exact) mass is 482 g/mol. The first kappa shape index (κ1) is 26.8. The molecule has 4 N–H and O–H groups in total. The number of rotatable bonds is 9. The van der Waals surface area contributed by atoms with Crippen molar-refractivity contribution in [3.63, 3.8) is 0 Å². The quantitative estimate of drug-likeness (QED) is 0.366. The molecule has 0 amide bonds. The highest BCUT2D eigenvalue weighted by atomic mass is 31.2. The fourth-order valence-electron chi connectivity index (χ4n) is 3.71. The number of hydrogen-bond acceptors (Lipinski definition) is 8. The molecule has 11 nitrogen and oxygen atoms in total. The molecule has 1 aromatic heterocycles. The van der Waals surface area contributed by atoms with Crippen molar-refractivity contribution in [2.75, 3.05) is 0 Å². The molecule has 13 heteroatoms. The van der Waals surface area contributed by atoms with Crippen LogP contribution in [0.5, 0.6) is 0 Å². The van der Waals surface area contributed by atoms with Crippen LogP contribution in [0.25, 0.3) is 0 Å². The number of aryl methyl sites for hydroxylation is 1. The zero-order chi connectivity index (χ0) is 24.6. The van der Waals surface area contributed by atoms with E-state index >= 15 is 4.39 Å². The third-order valence-corrected chi connectivity index (χ3v) is 8.38. The number of halogens is 1. The van der Waals surface area contributed by atoms with Gasteiger partial charge in [0.15, 0.2) is 5.34 Å². The van der Waals surface area contributed by atoms with Crippen molar-refractivity contribution >= 4 is 7.60 Å². The zero-order valence-electron chi connectivity index (χ0n) is 18.8. The Morgan fingerprint density at radius 3 is 2.22 bits per heavy atom. The summed E-state index contributed by atoms with van der Waals surface area (Å²) in [7, 11) is -2.23. The van der Waals surface area contributed by atoms with Gasteiger partial charge in [0, 0.05) is 33.1 Å². The molecule has 1 aromatic rings. The van der Waals surface area contributed by atoms with Gasteiger partial charge in [0.25, 0.3) is 5.56 Å². The van der Waals surface area contributed by atoms with Gasteiger partial charge < -0.3 is 29.5 Å². The van der Waals surface area contributed by atoms with Crippen LogP contribution in [0.4, 0.5) is 4.39 Å². The maximum Gasteiger partial charge on any atom is 0.362 e. The summed E-state index contributed by atoms with van der Waals surface area (Å²) in [6, 6.07) is 0. The summed E-state index contributed by atoms with van der Waals surface area (Å²) in [4.78, 5) is 34.6. The van der Waals surface area contributed by atoms with Gasteiger partial charge in [0.2, 0.25) is 5.85 Å². The molecular weight excluding hydrogens is 450 g/mol. The minimum absolute atomic E-state index is 0.121. The molecule has 184 valence electrons. The molecule has 2 unspecified atom stereocenters. The van der Waals surface area contributed by atoms with Crippen molar-refractivity contribution in [2.24, 2.45) is 14.1 Å².